The van der Waals surface area contributed by atoms with Crippen molar-refractivity contribution in [1.29, 1.82) is 0 Å². The molecule has 1 atom stereocenters. The summed E-state index contributed by atoms with van der Waals surface area (Å²) in [4.78, 5) is 3.84. The quantitative estimate of drug-likeness (QED) is 0.818. The van der Waals surface area contributed by atoms with Crippen LogP contribution in [0.2, 0.25) is 0 Å². The van der Waals surface area contributed by atoms with E-state index in [9.17, 15) is 0 Å². The molecule has 1 aliphatic heterocycles. The van der Waals surface area contributed by atoms with Crippen molar-refractivity contribution in [2.45, 2.75) is 45.9 Å². The number of aryl methyl sites for hydroxylation is 2. The molecule has 4 nitrogen and oxygen atoms in total. The summed E-state index contributed by atoms with van der Waals surface area (Å²) in [6, 6.07) is 4.31. The molecule has 0 spiro atoms. The van der Waals surface area contributed by atoms with Crippen molar-refractivity contribution in [1.82, 2.24) is 10.1 Å². The second-order valence-electron chi connectivity index (χ2n) is 5.69. The van der Waals surface area contributed by atoms with Gasteiger partial charge in [-0.15, -0.1) is 11.3 Å². The Hall–Kier alpha value is -1.17. The third-order valence-electron chi connectivity index (χ3n) is 4.01. The first kappa shape index (κ1) is 14.8. The summed E-state index contributed by atoms with van der Waals surface area (Å²) >= 11 is 1.81. The lowest BCUT2D eigenvalue weighted by Crippen LogP contribution is -2.31. The second-order valence-corrected chi connectivity index (χ2v) is 6.72. The molecule has 3 rings (SSSR count). The van der Waals surface area contributed by atoms with E-state index in [1.807, 2.05) is 25.2 Å². The zero-order valence-electron chi connectivity index (χ0n) is 12.7. The van der Waals surface area contributed by atoms with Gasteiger partial charge in [-0.3, -0.25) is 4.90 Å². The Morgan fingerprint density at radius 3 is 2.90 bits per heavy atom. The second kappa shape index (κ2) is 6.73. The molecule has 2 aromatic rings. The Kier molecular flexibility index (Phi) is 4.73. The van der Waals surface area contributed by atoms with Crippen LogP contribution in [0.15, 0.2) is 22.0 Å². The lowest BCUT2D eigenvalue weighted by atomic mass is 10.1. The number of nitrogens with zero attached hydrogens (tertiary/aromatic N) is 2. The Labute approximate surface area is 129 Å². The first-order valence-corrected chi connectivity index (χ1v) is 8.38. The van der Waals surface area contributed by atoms with E-state index in [1.165, 1.54) is 23.3 Å². The number of hydrogen-bond acceptors (Lipinski definition) is 5. The highest BCUT2D eigenvalue weighted by atomic mass is 32.1. The Bertz CT molecular complexity index is 539. The first-order valence-electron chi connectivity index (χ1n) is 7.50. The summed E-state index contributed by atoms with van der Waals surface area (Å²) in [6.07, 6.45) is 2.72. The van der Waals surface area contributed by atoms with E-state index in [-0.39, 0.29) is 0 Å². The highest BCUT2D eigenvalue weighted by Crippen LogP contribution is 2.21. The van der Waals surface area contributed by atoms with Gasteiger partial charge >= 0.3 is 0 Å². The van der Waals surface area contributed by atoms with Crippen LogP contribution in [-0.4, -0.2) is 29.3 Å². The van der Waals surface area contributed by atoms with Crippen LogP contribution >= 0.6 is 11.3 Å². The van der Waals surface area contributed by atoms with Gasteiger partial charge in [-0.2, -0.15) is 0 Å². The maximum atomic E-state index is 5.80. The van der Waals surface area contributed by atoms with Crippen LogP contribution in [0, 0.1) is 13.8 Å². The minimum Gasteiger partial charge on any atom is -0.377 e. The molecular weight excluding hydrogens is 284 g/mol. The predicted molar refractivity (Wildman–Crippen MR) is 83.4 cm³/mol. The van der Waals surface area contributed by atoms with E-state index in [0.717, 1.165) is 37.7 Å². The van der Waals surface area contributed by atoms with Gasteiger partial charge in [0.1, 0.15) is 5.76 Å². The monoisotopic (exact) mass is 306 g/mol. The third kappa shape index (κ3) is 3.73. The molecule has 1 saturated heterocycles. The molecule has 0 saturated carbocycles. The van der Waals surface area contributed by atoms with Crippen LogP contribution in [0.3, 0.4) is 0 Å². The van der Waals surface area contributed by atoms with Gasteiger partial charge in [-0.1, -0.05) is 11.2 Å². The van der Waals surface area contributed by atoms with Crippen molar-refractivity contribution in [3.63, 3.8) is 0 Å². The number of rotatable bonds is 6. The average molecular weight is 306 g/mol. The molecule has 0 N–H and O–H groups in total. The fourth-order valence-corrected chi connectivity index (χ4v) is 3.58. The summed E-state index contributed by atoms with van der Waals surface area (Å²) < 4.78 is 11.1. The largest absolute Gasteiger partial charge is 0.377 e. The molecule has 5 heteroatoms. The lowest BCUT2D eigenvalue weighted by Gasteiger charge is -2.24. The van der Waals surface area contributed by atoms with E-state index in [0.29, 0.717) is 6.10 Å². The molecule has 3 heterocycles. The molecule has 0 bridgehead atoms. The van der Waals surface area contributed by atoms with Crippen molar-refractivity contribution in [2.75, 3.05) is 13.2 Å². The molecule has 2 aromatic heterocycles. The number of ether oxygens (including phenoxy) is 1. The number of thiophene rings is 1. The fourth-order valence-electron chi connectivity index (χ4n) is 2.84. The average Bonchev–Trinajstić information content (AvgIpc) is 3.19. The Morgan fingerprint density at radius 1 is 1.38 bits per heavy atom. The number of aromatic nitrogens is 1. The van der Waals surface area contributed by atoms with Crippen LogP contribution in [0.5, 0.6) is 0 Å². The molecule has 0 radical (unpaired) electrons. The Morgan fingerprint density at radius 2 is 2.29 bits per heavy atom. The van der Waals surface area contributed by atoms with Gasteiger partial charge in [0.05, 0.1) is 11.8 Å². The number of hydrogen-bond donors (Lipinski definition) is 0. The van der Waals surface area contributed by atoms with Crippen molar-refractivity contribution in [2.24, 2.45) is 0 Å². The summed E-state index contributed by atoms with van der Waals surface area (Å²) in [5, 5.41) is 6.20. The predicted octanol–water partition coefficient (Wildman–Crippen LogP) is 3.53. The van der Waals surface area contributed by atoms with Gasteiger partial charge in [-0.25, -0.2) is 0 Å². The van der Waals surface area contributed by atoms with E-state index in [1.54, 1.807) is 0 Å². The molecule has 1 fully saturated rings. The zero-order valence-corrected chi connectivity index (χ0v) is 13.5. The van der Waals surface area contributed by atoms with Crippen molar-refractivity contribution in [3.05, 3.63) is 39.4 Å². The molecular formula is C16H22N2O2S. The SMILES string of the molecule is Cc1noc(C)c1CN(Cc1cccs1)C[C@H]1CCCO1. The summed E-state index contributed by atoms with van der Waals surface area (Å²) in [7, 11) is 0. The maximum absolute atomic E-state index is 5.80. The summed E-state index contributed by atoms with van der Waals surface area (Å²) in [5.41, 5.74) is 2.21. The van der Waals surface area contributed by atoms with Crippen LogP contribution in [-0.2, 0) is 17.8 Å². The zero-order chi connectivity index (χ0) is 14.7. The smallest absolute Gasteiger partial charge is 0.138 e. The summed E-state index contributed by atoms with van der Waals surface area (Å²) in [6.45, 7) is 7.72. The van der Waals surface area contributed by atoms with Crippen molar-refractivity contribution >= 4 is 11.3 Å². The van der Waals surface area contributed by atoms with Crippen LogP contribution in [0.1, 0.15) is 34.7 Å². The van der Waals surface area contributed by atoms with Crippen LogP contribution < -0.4 is 0 Å². The highest BCUT2D eigenvalue weighted by molar-refractivity contribution is 7.09. The van der Waals surface area contributed by atoms with Gasteiger partial charge in [0, 0.05) is 36.7 Å². The van der Waals surface area contributed by atoms with Gasteiger partial charge in [0.2, 0.25) is 0 Å². The van der Waals surface area contributed by atoms with Gasteiger partial charge in [-0.05, 0) is 38.1 Å². The van der Waals surface area contributed by atoms with Crippen LogP contribution in [0.4, 0.5) is 0 Å². The molecule has 1 aliphatic rings. The minimum absolute atomic E-state index is 0.366. The standard InChI is InChI=1S/C16H22N2O2S/c1-12-16(13(2)20-17-12)11-18(9-14-5-3-7-19-14)10-15-6-4-8-21-15/h4,6,8,14H,3,5,7,9-11H2,1-2H3/t14-/m1/s1. The fraction of sp³-hybridized carbons (Fsp3) is 0.562. The van der Waals surface area contributed by atoms with Crippen molar-refractivity contribution < 1.29 is 9.26 Å². The van der Waals surface area contributed by atoms with Crippen LogP contribution in [0.25, 0.3) is 0 Å². The molecule has 114 valence electrons. The highest BCUT2D eigenvalue weighted by Gasteiger charge is 2.21. The molecule has 21 heavy (non-hydrogen) atoms. The van der Waals surface area contributed by atoms with Crippen molar-refractivity contribution in [3.8, 4) is 0 Å². The Balaban J connectivity index is 1.71. The third-order valence-corrected chi connectivity index (χ3v) is 4.87. The molecule has 0 amide bonds. The van der Waals surface area contributed by atoms with E-state index < -0.39 is 0 Å². The molecule has 0 unspecified atom stereocenters. The van der Waals surface area contributed by atoms with Gasteiger partial charge < -0.3 is 9.26 Å². The van der Waals surface area contributed by atoms with E-state index in [4.69, 9.17) is 9.26 Å². The molecule has 0 aliphatic carbocycles. The van der Waals surface area contributed by atoms with E-state index in [2.05, 4.69) is 27.6 Å². The first-order chi connectivity index (χ1) is 10.2. The topological polar surface area (TPSA) is 38.5 Å². The van der Waals surface area contributed by atoms with Gasteiger partial charge in [0.15, 0.2) is 0 Å². The lowest BCUT2D eigenvalue weighted by molar-refractivity contribution is 0.0680. The molecule has 0 aromatic carbocycles. The summed E-state index contributed by atoms with van der Waals surface area (Å²) in [5.74, 6) is 0.927. The maximum Gasteiger partial charge on any atom is 0.138 e. The minimum atomic E-state index is 0.366. The normalized spacial score (nSPS) is 18.7. The van der Waals surface area contributed by atoms with E-state index >= 15 is 0 Å². The van der Waals surface area contributed by atoms with Gasteiger partial charge in [0.25, 0.3) is 0 Å².